The highest BCUT2D eigenvalue weighted by molar-refractivity contribution is 6.74. The molecule has 5 atom stereocenters. The van der Waals surface area contributed by atoms with Crippen LogP contribution in [0.3, 0.4) is 0 Å². The van der Waals surface area contributed by atoms with E-state index in [0.29, 0.717) is 17.8 Å². The van der Waals surface area contributed by atoms with E-state index < -0.39 is 14.3 Å². The van der Waals surface area contributed by atoms with Crippen molar-refractivity contribution in [2.45, 2.75) is 109 Å². The number of allylic oxidation sites excluding steroid dienone is 2. The Hall–Kier alpha value is -0.693. The Kier molecular flexibility index (Phi) is 8.44. The highest BCUT2D eigenvalue weighted by Crippen LogP contribution is 2.52. The van der Waals surface area contributed by atoms with Crippen LogP contribution in [0.4, 0.5) is 0 Å². The van der Waals surface area contributed by atoms with E-state index in [2.05, 4.69) is 39.9 Å². The van der Waals surface area contributed by atoms with E-state index in [0.717, 1.165) is 58.2 Å². The number of unbranched alkanes of at least 4 members (excludes halogenated alkanes) is 1. The highest BCUT2D eigenvalue weighted by Gasteiger charge is 2.49. The minimum Gasteiger partial charge on any atom is -0.481 e. The predicted molar refractivity (Wildman–Crippen MR) is 126 cm³/mol. The Bertz CT molecular complexity index is 632. The summed E-state index contributed by atoms with van der Waals surface area (Å²) in [7, 11) is -1.81. The van der Waals surface area contributed by atoms with Crippen LogP contribution < -0.4 is 0 Å². The third kappa shape index (κ3) is 6.65. The van der Waals surface area contributed by atoms with Gasteiger partial charge < -0.3 is 19.0 Å². The zero-order valence-corrected chi connectivity index (χ0v) is 21.3. The topological polar surface area (TPSA) is 65.0 Å². The van der Waals surface area contributed by atoms with Crippen LogP contribution in [0.25, 0.3) is 0 Å². The first-order chi connectivity index (χ1) is 14.6. The number of carboxylic acids is 1. The van der Waals surface area contributed by atoms with Crippen LogP contribution in [0, 0.1) is 17.8 Å². The van der Waals surface area contributed by atoms with Crippen molar-refractivity contribution in [2.24, 2.45) is 17.8 Å². The first-order valence-electron chi connectivity index (χ1n) is 12.4. The van der Waals surface area contributed by atoms with E-state index >= 15 is 0 Å². The van der Waals surface area contributed by atoms with Crippen molar-refractivity contribution in [1.29, 1.82) is 0 Å². The van der Waals surface area contributed by atoms with Crippen molar-refractivity contribution in [1.82, 2.24) is 0 Å². The maximum atomic E-state index is 10.8. The van der Waals surface area contributed by atoms with Gasteiger partial charge in [0.1, 0.15) is 0 Å². The second kappa shape index (κ2) is 10.5. The number of fused-ring (bicyclic) bond motifs is 1. The van der Waals surface area contributed by atoms with Crippen molar-refractivity contribution < 1.29 is 23.8 Å². The van der Waals surface area contributed by atoms with Gasteiger partial charge in [-0.3, -0.25) is 4.79 Å². The molecular formula is C25H44O5Si. The first-order valence-corrected chi connectivity index (χ1v) is 15.3. The van der Waals surface area contributed by atoms with Crippen molar-refractivity contribution >= 4 is 14.3 Å². The summed E-state index contributed by atoms with van der Waals surface area (Å²) in [4.78, 5) is 10.8. The summed E-state index contributed by atoms with van der Waals surface area (Å²) in [5.41, 5.74) is 1.52. The highest BCUT2D eigenvalue weighted by atomic mass is 28.4. The maximum absolute atomic E-state index is 10.8. The van der Waals surface area contributed by atoms with Gasteiger partial charge in [0.15, 0.2) is 14.6 Å². The molecule has 5 nitrogen and oxygen atoms in total. The fourth-order valence-corrected chi connectivity index (χ4v) is 6.24. The first kappa shape index (κ1) is 24.9. The lowest BCUT2D eigenvalue weighted by atomic mass is 9.92. The zero-order valence-electron chi connectivity index (χ0n) is 20.3. The Balaban J connectivity index is 1.63. The molecule has 178 valence electrons. The Morgan fingerprint density at radius 2 is 2.03 bits per heavy atom. The average molecular weight is 453 g/mol. The Morgan fingerprint density at radius 1 is 1.26 bits per heavy atom. The van der Waals surface area contributed by atoms with Gasteiger partial charge in [0.2, 0.25) is 0 Å². The number of rotatable bonds is 9. The number of ether oxygens (including phenoxy) is 2. The van der Waals surface area contributed by atoms with Gasteiger partial charge in [0.05, 0.1) is 6.10 Å². The van der Waals surface area contributed by atoms with E-state index in [4.69, 9.17) is 19.0 Å². The molecule has 1 unspecified atom stereocenters. The van der Waals surface area contributed by atoms with E-state index in [1.807, 2.05) is 0 Å². The summed E-state index contributed by atoms with van der Waals surface area (Å²) in [6.45, 7) is 13.2. The van der Waals surface area contributed by atoms with Crippen molar-refractivity contribution in [3.8, 4) is 0 Å². The van der Waals surface area contributed by atoms with Crippen molar-refractivity contribution in [2.75, 3.05) is 13.2 Å². The monoisotopic (exact) mass is 452 g/mol. The van der Waals surface area contributed by atoms with Crippen LogP contribution in [0.5, 0.6) is 0 Å². The minimum absolute atomic E-state index is 0.0426. The van der Waals surface area contributed by atoms with E-state index in [1.165, 1.54) is 12.0 Å². The van der Waals surface area contributed by atoms with Gasteiger partial charge in [0.25, 0.3) is 0 Å². The number of hydrogen-bond donors (Lipinski definition) is 1. The molecule has 3 aliphatic rings. The normalized spacial score (nSPS) is 33.1. The second-order valence-corrected chi connectivity index (χ2v) is 16.2. The minimum atomic E-state index is -1.81. The summed E-state index contributed by atoms with van der Waals surface area (Å²) in [6, 6.07) is 0. The lowest BCUT2D eigenvalue weighted by Crippen LogP contribution is -2.43. The quantitative estimate of drug-likeness (QED) is 0.258. The van der Waals surface area contributed by atoms with E-state index in [-0.39, 0.29) is 23.9 Å². The number of carboxylic acid groups (broad SMARTS) is 1. The largest absolute Gasteiger partial charge is 0.481 e. The van der Waals surface area contributed by atoms with Crippen molar-refractivity contribution in [3.05, 3.63) is 11.6 Å². The van der Waals surface area contributed by atoms with Gasteiger partial charge in [-0.05, 0) is 81.3 Å². The molecule has 0 bridgehead atoms. The molecule has 2 saturated carbocycles. The molecular weight excluding hydrogens is 408 g/mol. The van der Waals surface area contributed by atoms with E-state index in [9.17, 15) is 4.79 Å². The van der Waals surface area contributed by atoms with Crippen LogP contribution in [0.1, 0.15) is 78.6 Å². The van der Waals surface area contributed by atoms with Gasteiger partial charge in [-0.15, -0.1) is 0 Å². The summed E-state index contributed by atoms with van der Waals surface area (Å²) >= 11 is 0. The molecule has 1 saturated heterocycles. The third-order valence-electron chi connectivity index (χ3n) is 8.13. The molecule has 31 heavy (non-hydrogen) atoms. The third-order valence-corrected chi connectivity index (χ3v) is 12.6. The molecule has 0 amide bonds. The molecule has 6 heteroatoms. The van der Waals surface area contributed by atoms with Gasteiger partial charge >= 0.3 is 5.97 Å². The van der Waals surface area contributed by atoms with Crippen LogP contribution in [-0.2, 0) is 18.7 Å². The van der Waals surface area contributed by atoms with Crippen LogP contribution in [0.2, 0.25) is 18.1 Å². The number of aliphatic carboxylic acids is 1. The molecule has 0 aromatic rings. The average Bonchev–Trinajstić information content (AvgIpc) is 3.20. The van der Waals surface area contributed by atoms with Gasteiger partial charge in [0, 0.05) is 25.6 Å². The molecule has 0 aromatic heterocycles. The van der Waals surface area contributed by atoms with Crippen LogP contribution >= 0.6 is 0 Å². The molecule has 2 aliphatic carbocycles. The lowest BCUT2D eigenvalue weighted by molar-refractivity contribution is -0.197. The number of hydrogen-bond acceptors (Lipinski definition) is 4. The second-order valence-electron chi connectivity index (χ2n) is 11.4. The van der Waals surface area contributed by atoms with Gasteiger partial charge in [-0.2, -0.15) is 0 Å². The Morgan fingerprint density at radius 3 is 2.68 bits per heavy atom. The van der Waals surface area contributed by atoms with Crippen LogP contribution in [0.15, 0.2) is 11.6 Å². The maximum Gasteiger partial charge on any atom is 0.303 e. The molecule has 3 rings (SSSR count). The molecule has 0 radical (unpaired) electrons. The predicted octanol–water partition coefficient (Wildman–Crippen LogP) is 6.15. The lowest BCUT2D eigenvalue weighted by Gasteiger charge is -2.38. The smallest absolute Gasteiger partial charge is 0.303 e. The summed E-state index contributed by atoms with van der Waals surface area (Å²) in [6.07, 6.45) is 11.1. The molecule has 3 fully saturated rings. The molecule has 0 aromatic carbocycles. The van der Waals surface area contributed by atoms with Crippen molar-refractivity contribution in [3.63, 3.8) is 0 Å². The Labute approximate surface area is 190 Å². The molecule has 1 N–H and O–H groups in total. The summed E-state index contributed by atoms with van der Waals surface area (Å²) in [5.74, 6) is 1.00. The summed E-state index contributed by atoms with van der Waals surface area (Å²) in [5, 5.41) is 9.07. The zero-order chi connectivity index (χ0) is 22.6. The SMILES string of the molecule is CC(C)(C)[Si](C)(C)OC[C@@H]1[C@H]2C/C(=C\CCCC(=O)O)C[C@H]2C[C@H]1OC1CCCCO1. The van der Waals surface area contributed by atoms with Crippen LogP contribution in [-0.4, -0.2) is 45.0 Å². The standard InChI is InChI=1S/C25H44O5Si/c1-25(2,3)31(4,5)29-17-21-20-15-18(10-6-7-11-23(26)27)14-19(20)16-22(21)30-24-12-8-9-13-28-24/h10,19-22,24H,6-9,11-17H2,1-5H3,(H,26,27)/b18-10-/t19-,20-,21+,22+,24?/m0/s1. The van der Waals surface area contributed by atoms with E-state index in [1.54, 1.807) is 0 Å². The summed E-state index contributed by atoms with van der Waals surface area (Å²) < 4.78 is 19.1. The number of carbonyl (C=O) groups is 1. The molecule has 0 spiro atoms. The van der Waals surface area contributed by atoms with Gasteiger partial charge in [-0.25, -0.2) is 0 Å². The molecule has 1 heterocycles. The van der Waals surface area contributed by atoms with Gasteiger partial charge in [-0.1, -0.05) is 32.4 Å². The molecule has 1 aliphatic heterocycles. The fraction of sp³-hybridized carbons (Fsp3) is 0.880. The fourth-order valence-electron chi connectivity index (χ4n) is 5.20.